The van der Waals surface area contributed by atoms with Crippen molar-refractivity contribution in [3.8, 4) is 11.5 Å². The summed E-state index contributed by atoms with van der Waals surface area (Å²) in [7, 11) is 0. The molecule has 2 aromatic carbocycles. The summed E-state index contributed by atoms with van der Waals surface area (Å²) in [4.78, 5) is 8.77. The molecule has 2 aromatic rings. The van der Waals surface area contributed by atoms with E-state index in [2.05, 4.69) is 75.3 Å². The first-order valence-electron chi connectivity index (χ1n) is 7.28. The first-order valence-corrected chi connectivity index (χ1v) is 10.8. The molecule has 0 aromatic heterocycles. The number of carboxylic acid groups (broad SMARTS) is 1. The zero-order chi connectivity index (χ0) is 24.5. The van der Waals surface area contributed by atoms with Gasteiger partial charge in [-0.15, -0.1) is 0 Å². The van der Waals surface area contributed by atoms with Crippen molar-refractivity contribution in [2.45, 2.75) is 17.8 Å². The first kappa shape index (κ1) is 28.3. The van der Waals surface area contributed by atoms with E-state index in [1.54, 1.807) is 0 Å². The van der Waals surface area contributed by atoms with E-state index in [1.807, 2.05) is 0 Å². The second-order valence-corrected chi connectivity index (χ2v) is 9.02. The lowest BCUT2D eigenvalue weighted by Gasteiger charge is -2.39. The van der Waals surface area contributed by atoms with Gasteiger partial charge in [-0.05, 0) is 81.4 Å². The average molecular weight is 732 g/mol. The maximum atomic E-state index is 14.1. The molecule has 0 aliphatic heterocycles. The SMILES string of the molecule is O=C(O)Cl.Oc1ccc(C(c2c(Br)c(Br)c(O)c(Br)c2Br)(C(F)(F)F)C(F)(F)F)cc1. The van der Waals surface area contributed by atoms with E-state index in [0.29, 0.717) is 12.1 Å². The van der Waals surface area contributed by atoms with Crippen molar-refractivity contribution < 1.29 is 46.5 Å². The van der Waals surface area contributed by atoms with Crippen molar-refractivity contribution in [3.63, 3.8) is 0 Å². The van der Waals surface area contributed by atoms with Gasteiger partial charge in [-0.2, -0.15) is 26.3 Å². The summed E-state index contributed by atoms with van der Waals surface area (Å²) >= 11 is 15.3. The van der Waals surface area contributed by atoms with Gasteiger partial charge in [-0.1, -0.05) is 12.1 Å². The minimum absolute atomic E-state index is 0.399. The van der Waals surface area contributed by atoms with Crippen LogP contribution >= 0.6 is 75.3 Å². The largest absolute Gasteiger partial charge is 0.508 e. The van der Waals surface area contributed by atoms with Crippen LogP contribution < -0.4 is 0 Å². The quantitative estimate of drug-likeness (QED) is 0.165. The smallest absolute Gasteiger partial charge is 0.411 e. The highest BCUT2D eigenvalue weighted by atomic mass is 79.9. The molecule has 0 amide bonds. The third-order valence-electron chi connectivity index (χ3n) is 3.77. The van der Waals surface area contributed by atoms with E-state index in [-0.39, 0.29) is 0 Å². The van der Waals surface area contributed by atoms with Gasteiger partial charge in [0.15, 0.2) is 0 Å². The number of hydrogen-bond donors (Lipinski definition) is 3. The molecule has 0 aliphatic carbocycles. The Bertz CT molecular complexity index is 933. The molecule has 0 atom stereocenters. The Balaban J connectivity index is 0.00000110. The van der Waals surface area contributed by atoms with Crippen LogP contribution in [0.3, 0.4) is 0 Å². The van der Waals surface area contributed by atoms with Gasteiger partial charge in [0, 0.05) is 26.1 Å². The monoisotopic (exact) mass is 728 g/mol. The Kier molecular flexibility index (Phi) is 9.19. The molecule has 172 valence electrons. The summed E-state index contributed by atoms with van der Waals surface area (Å²) < 4.78 is 82.8. The van der Waals surface area contributed by atoms with E-state index in [4.69, 9.17) is 9.90 Å². The molecule has 31 heavy (non-hydrogen) atoms. The number of carbonyl (C=O) groups is 1. The molecule has 0 unspecified atom stereocenters. The van der Waals surface area contributed by atoms with Crippen LogP contribution in [0.15, 0.2) is 42.2 Å². The van der Waals surface area contributed by atoms with Gasteiger partial charge >= 0.3 is 17.8 Å². The van der Waals surface area contributed by atoms with Crippen molar-refractivity contribution in [2.24, 2.45) is 0 Å². The number of hydrogen-bond acceptors (Lipinski definition) is 3. The summed E-state index contributed by atoms with van der Waals surface area (Å²) in [6, 6.07) is 2.55. The summed E-state index contributed by atoms with van der Waals surface area (Å²) in [5, 5.41) is 26.4. The predicted molar refractivity (Wildman–Crippen MR) is 114 cm³/mol. The maximum Gasteiger partial charge on any atom is 0.411 e. The summed E-state index contributed by atoms with van der Waals surface area (Å²) in [5.74, 6) is -1.09. The van der Waals surface area contributed by atoms with Gasteiger partial charge in [0.25, 0.3) is 0 Å². The molecule has 4 nitrogen and oxygen atoms in total. The van der Waals surface area contributed by atoms with Crippen LogP contribution in [-0.2, 0) is 5.41 Å². The number of phenolic OH excluding ortho intramolecular Hbond substituents is 2. The van der Waals surface area contributed by atoms with Crippen molar-refractivity contribution in [3.05, 3.63) is 53.3 Å². The Morgan fingerprint density at radius 3 is 1.39 bits per heavy atom. The van der Waals surface area contributed by atoms with Crippen LogP contribution in [0.2, 0.25) is 0 Å². The normalized spacial score (nSPS) is 12.2. The molecule has 0 saturated heterocycles. The lowest BCUT2D eigenvalue weighted by Crippen LogP contribution is -2.55. The summed E-state index contributed by atoms with van der Waals surface area (Å²) in [5.41, 5.74) is -8.21. The van der Waals surface area contributed by atoms with E-state index in [0.717, 1.165) is 12.1 Å². The molecule has 0 fully saturated rings. The van der Waals surface area contributed by atoms with Crippen LogP contribution in [-0.4, -0.2) is 33.1 Å². The average Bonchev–Trinajstić information content (AvgIpc) is 2.60. The van der Waals surface area contributed by atoms with Crippen LogP contribution in [0.25, 0.3) is 0 Å². The molecule has 0 bridgehead atoms. The molecule has 0 saturated carbocycles. The van der Waals surface area contributed by atoms with Gasteiger partial charge in [-0.3, -0.25) is 0 Å². The van der Waals surface area contributed by atoms with Crippen LogP contribution in [0, 0.1) is 0 Å². The maximum absolute atomic E-state index is 14.1. The number of aromatic hydroxyl groups is 2. The van der Waals surface area contributed by atoms with Crippen LogP contribution in [0.4, 0.5) is 31.1 Å². The zero-order valence-corrected chi connectivity index (χ0v) is 21.3. The first-order chi connectivity index (χ1) is 13.9. The Labute approximate surface area is 208 Å². The lowest BCUT2D eigenvalue weighted by molar-refractivity contribution is -0.289. The molecule has 0 spiro atoms. The lowest BCUT2D eigenvalue weighted by atomic mass is 9.73. The zero-order valence-electron chi connectivity index (χ0n) is 14.2. The molecule has 15 heteroatoms. The number of alkyl halides is 6. The fourth-order valence-corrected chi connectivity index (χ4v) is 5.27. The third kappa shape index (κ3) is 5.45. The highest BCUT2D eigenvalue weighted by Crippen LogP contribution is 2.62. The molecule has 2 rings (SSSR count). The minimum atomic E-state index is -5.83. The number of benzene rings is 2. The van der Waals surface area contributed by atoms with Crippen LogP contribution in [0.5, 0.6) is 11.5 Å². The highest BCUT2D eigenvalue weighted by Gasteiger charge is 2.74. The van der Waals surface area contributed by atoms with Crippen molar-refractivity contribution >= 4 is 80.7 Å². The van der Waals surface area contributed by atoms with Crippen molar-refractivity contribution in [1.82, 2.24) is 0 Å². The molecule has 0 radical (unpaired) electrons. The Hall–Kier alpha value is -0.700. The molecule has 0 heterocycles. The summed E-state index contributed by atoms with van der Waals surface area (Å²) in [6.45, 7) is 0. The van der Waals surface area contributed by atoms with Crippen molar-refractivity contribution in [2.75, 3.05) is 0 Å². The topological polar surface area (TPSA) is 77.8 Å². The summed E-state index contributed by atoms with van der Waals surface area (Å²) in [6.07, 6.45) is -11.7. The van der Waals surface area contributed by atoms with E-state index in [9.17, 15) is 36.6 Å². The van der Waals surface area contributed by atoms with Gasteiger partial charge in [-0.25, -0.2) is 4.79 Å². The third-order valence-corrected chi connectivity index (χ3v) is 7.96. The molecule has 3 N–H and O–H groups in total. The molecular formula is C16H7Br4ClF6O4. The fourth-order valence-electron chi connectivity index (χ4n) is 2.58. The fraction of sp³-hybridized carbons (Fsp3) is 0.188. The van der Waals surface area contributed by atoms with Crippen molar-refractivity contribution in [1.29, 1.82) is 0 Å². The number of halogens is 11. The molecular weight excluding hydrogens is 725 g/mol. The molecule has 0 aliphatic rings. The Morgan fingerprint density at radius 1 is 0.774 bits per heavy atom. The predicted octanol–water partition coefficient (Wildman–Crippen LogP) is 8.46. The standard InChI is InChI=1S/C15H6Br4F6O2.CHClO2/c16-8-7(9(17)11(19)12(27)10(8)18)13(14(20,21)22,15(23,24)25)5-1-3-6(26)4-2-5;2-1(3)4/h1-4,26-27H;(H,3,4). The van der Waals surface area contributed by atoms with Crippen LogP contribution in [0.1, 0.15) is 11.1 Å². The van der Waals surface area contributed by atoms with Gasteiger partial charge in [0.05, 0.1) is 8.95 Å². The van der Waals surface area contributed by atoms with E-state index >= 15 is 0 Å². The second kappa shape index (κ2) is 10.1. The van der Waals surface area contributed by atoms with Gasteiger partial charge in [0.2, 0.25) is 5.41 Å². The van der Waals surface area contributed by atoms with Gasteiger partial charge in [0.1, 0.15) is 11.5 Å². The second-order valence-electron chi connectivity index (χ2n) is 5.52. The number of rotatable bonds is 2. The van der Waals surface area contributed by atoms with E-state index in [1.165, 1.54) is 0 Å². The van der Waals surface area contributed by atoms with E-state index < -0.39 is 63.7 Å². The minimum Gasteiger partial charge on any atom is -0.508 e. The highest BCUT2D eigenvalue weighted by molar-refractivity contribution is 9.14. The Morgan fingerprint density at radius 2 is 1.10 bits per heavy atom. The number of phenols is 2. The van der Waals surface area contributed by atoms with Gasteiger partial charge < -0.3 is 15.3 Å².